The maximum atomic E-state index is 12.3. The number of fused-ring (bicyclic) bond motifs is 1. The summed E-state index contributed by atoms with van der Waals surface area (Å²) in [6.07, 6.45) is 0. The van der Waals surface area contributed by atoms with Gasteiger partial charge in [-0.1, -0.05) is 54.6 Å². The third-order valence-electron chi connectivity index (χ3n) is 3.51. The van der Waals surface area contributed by atoms with Gasteiger partial charge in [0, 0.05) is 5.56 Å². The van der Waals surface area contributed by atoms with Crippen LogP contribution in [0.1, 0.15) is 21.5 Å². The van der Waals surface area contributed by atoms with Gasteiger partial charge >= 0.3 is 5.97 Å². The van der Waals surface area contributed by atoms with Crippen LogP contribution in [0.15, 0.2) is 66.7 Å². The molecule has 0 N–H and O–H groups in total. The van der Waals surface area contributed by atoms with E-state index in [4.69, 9.17) is 10.00 Å². The van der Waals surface area contributed by atoms with Crippen LogP contribution in [0.5, 0.6) is 0 Å². The van der Waals surface area contributed by atoms with Gasteiger partial charge in [0.15, 0.2) is 0 Å². The number of nitriles is 1. The van der Waals surface area contributed by atoms with Crippen molar-refractivity contribution >= 4 is 16.7 Å². The van der Waals surface area contributed by atoms with Gasteiger partial charge in [0.2, 0.25) is 0 Å². The van der Waals surface area contributed by atoms with E-state index in [9.17, 15) is 4.79 Å². The molecule has 0 unspecified atom stereocenters. The van der Waals surface area contributed by atoms with E-state index in [1.807, 2.05) is 42.5 Å². The molecule has 0 radical (unpaired) electrons. The molecule has 0 bridgehead atoms. The van der Waals surface area contributed by atoms with Crippen LogP contribution in [0, 0.1) is 11.3 Å². The fourth-order valence-electron chi connectivity index (χ4n) is 2.38. The molecule has 0 saturated carbocycles. The summed E-state index contributed by atoms with van der Waals surface area (Å²) in [6, 6.07) is 22.4. The summed E-state index contributed by atoms with van der Waals surface area (Å²) < 4.78 is 5.37. The van der Waals surface area contributed by atoms with Crippen molar-refractivity contribution in [3.05, 3.63) is 83.4 Å². The summed E-state index contributed by atoms with van der Waals surface area (Å²) in [6.45, 7) is 0.0891. The number of benzene rings is 3. The summed E-state index contributed by atoms with van der Waals surface area (Å²) in [5.74, 6) is -0.385. The third-order valence-corrected chi connectivity index (χ3v) is 3.51. The first-order valence-corrected chi connectivity index (χ1v) is 6.92. The van der Waals surface area contributed by atoms with E-state index in [1.54, 1.807) is 24.3 Å². The first-order valence-electron chi connectivity index (χ1n) is 6.92. The fraction of sp³-hybridized carbons (Fsp3) is 0.0526. The number of hydrogen-bond donors (Lipinski definition) is 0. The second-order valence-corrected chi connectivity index (χ2v) is 4.87. The molecule has 0 heterocycles. The number of carbonyl (C=O) groups is 1. The van der Waals surface area contributed by atoms with Gasteiger partial charge in [-0.05, 0) is 22.9 Å². The van der Waals surface area contributed by atoms with E-state index in [0.717, 1.165) is 10.8 Å². The van der Waals surface area contributed by atoms with Gasteiger partial charge < -0.3 is 4.74 Å². The minimum atomic E-state index is -0.385. The zero-order valence-corrected chi connectivity index (χ0v) is 11.8. The van der Waals surface area contributed by atoms with Gasteiger partial charge in [-0.2, -0.15) is 5.26 Å². The topological polar surface area (TPSA) is 50.1 Å². The summed E-state index contributed by atoms with van der Waals surface area (Å²) in [7, 11) is 0. The molecule has 0 amide bonds. The van der Waals surface area contributed by atoms with Crippen LogP contribution < -0.4 is 0 Å². The Morgan fingerprint density at radius 2 is 1.68 bits per heavy atom. The summed E-state index contributed by atoms with van der Waals surface area (Å²) in [5.41, 5.74) is 1.76. The molecule has 3 rings (SSSR count). The maximum Gasteiger partial charge on any atom is 0.339 e. The van der Waals surface area contributed by atoms with Gasteiger partial charge in [0.05, 0.1) is 17.2 Å². The third kappa shape index (κ3) is 2.68. The predicted molar refractivity (Wildman–Crippen MR) is 84.2 cm³/mol. The van der Waals surface area contributed by atoms with Crippen molar-refractivity contribution in [1.82, 2.24) is 0 Å². The highest BCUT2D eigenvalue weighted by Gasteiger charge is 2.12. The molecule has 3 nitrogen and oxygen atoms in total. The normalized spacial score (nSPS) is 10.1. The Hall–Kier alpha value is -3.12. The van der Waals surface area contributed by atoms with Gasteiger partial charge in [-0.25, -0.2) is 4.79 Å². The van der Waals surface area contributed by atoms with Gasteiger partial charge in [-0.3, -0.25) is 0 Å². The first kappa shape index (κ1) is 13.8. The molecule has 3 heteroatoms. The molecule has 0 fully saturated rings. The largest absolute Gasteiger partial charge is 0.457 e. The smallest absolute Gasteiger partial charge is 0.339 e. The zero-order valence-electron chi connectivity index (χ0n) is 11.8. The van der Waals surface area contributed by atoms with Crippen molar-refractivity contribution in [1.29, 1.82) is 5.26 Å². The van der Waals surface area contributed by atoms with E-state index in [0.29, 0.717) is 16.7 Å². The molecule has 0 aliphatic heterocycles. The maximum absolute atomic E-state index is 12.3. The van der Waals surface area contributed by atoms with Crippen LogP contribution >= 0.6 is 0 Å². The molecule has 3 aromatic carbocycles. The molecule has 0 aliphatic rings. The van der Waals surface area contributed by atoms with Gasteiger partial charge in [0.25, 0.3) is 0 Å². The number of hydrogen-bond acceptors (Lipinski definition) is 3. The Morgan fingerprint density at radius 3 is 2.55 bits per heavy atom. The van der Waals surface area contributed by atoms with E-state index in [-0.39, 0.29) is 12.6 Å². The molecule has 0 saturated heterocycles. The average molecular weight is 287 g/mol. The fourth-order valence-corrected chi connectivity index (χ4v) is 2.38. The Kier molecular flexibility index (Phi) is 3.84. The molecule has 3 aromatic rings. The molecule has 106 valence electrons. The molecule has 22 heavy (non-hydrogen) atoms. The minimum absolute atomic E-state index is 0.0891. The minimum Gasteiger partial charge on any atom is -0.457 e. The van der Waals surface area contributed by atoms with E-state index < -0.39 is 0 Å². The number of ether oxygens (including phenoxy) is 1. The van der Waals surface area contributed by atoms with Crippen molar-refractivity contribution in [2.75, 3.05) is 0 Å². The monoisotopic (exact) mass is 287 g/mol. The number of nitrogens with zero attached hydrogens (tertiary/aromatic N) is 1. The molecule has 0 atom stereocenters. The van der Waals surface area contributed by atoms with E-state index >= 15 is 0 Å². The lowest BCUT2D eigenvalue weighted by Gasteiger charge is -2.08. The second kappa shape index (κ2) is 6.11. The lowest BCUT2D eigenvalue weighted by Crippen LogP contribution is -2.06. The highest BCUT2D eigenvalue weighted by molar-refractivity contribution is 6.04. The molecule has 0 aliphatic carbocycles. The Balaban J connectivity index is 1.84. The summed E-state index contributed by atoms with van der Waals surface area (Å²) in [4.78, 5) is 12.3. The Labute approximate surface area is 128 Å². The quantitative estimate of drug-likeness (QED) is 0.682. The van der Waals surface area contributed by atoms with Crippen molar-refractivity contribution in [3.63, 3.8) is 0 Å². The molecular formula is C19H13NO2. The van der Waals surface area contributed by atoms with Crippen molar-refractivity contribution in [3.8, 4) is 6.07 Å². The number of carbonyl (C=O) groups excluding carboxylic acids is 1. The summed E-state index contributed by atoms with van der Waals surface area (Å²) >= 11 is 0. The standard InChI is InChI=1S/C19H13NO2/c20-12-15-7-1-2-8-16(15)13-22-19(21)18-11-5-9-14-6-3-4-10-17(14)18/h1-11H,13H2. The number of esters is 1. The van der Waals surface area contributed by atoms with E-state index in [2.05, 4.69) is 6.07 Å². The highest BCUT2D eigenvalue weighted by atomic mass is 16.5. The SMILES string of the molecule is N#Cc1ccccc1COC(=O)c1cccc2ccccc12. The van der Waals surface area contributed by atoms with Crippen molar-refractivity contribution in [2.24, 2.45) is 0 Å². The van der Waals surface area contributed by atoms with Crippen LogP contribution in [0.4, 0.5) is 0 Å². The van der Waals surface area contributed by atoms with Crippen LogP contribution in [0.2, 0.25) is 0 Å². The molecule has 0 aromatic heterocycles. The highest BCUT2D eigenvalue weighted by Crippen LogP contribution is 2.20. The van der Waals surface area contributed by atoms with Gasteiger partial charge in [-0.15, -0.1) is 0 Å². The molecular weight excluding hydrogens is 274 g/mol. The second-order valence-electron chi connectivity index (χ2n) is 4.87. The Bertz CT molecular complexity index is 872. The van der Waals surface area contributed by atoms with Crippen LogP contribution in [0.25, 0.3) is 10.8 Å². The lowest BCUT2D eigenvalue weighted by atomic mass is 10.0. The predicted octanol–water partition coefficient (Wildman–Crippen LogP) is 4.07. The Morgan fingerprint density at radius 1 is 0.955 bits per heavy atom. The lowest BCUT2D eigenvalue weighted by molar-refractivity contribution is 0.0475. The van der Waals surface area contributed by atoms with Crippen LogP contribution in [-0.4, -0.2) is 5.97 Å². The average Bonchev–Trinajstić information content (AvgIpc) is 2.59. The van der Waals surface area contributed by atoms with Crippen LogP contribution in [-0.2, 0) is 11.3 Å². The number of rotatable bonds is 3. The molecule has 0 spiro atoms. The van der Waals surface area contributed by atoms with Crippen molar-refractivity contribution < 1.29 is 9.53 Å². The first-order chi connectivity index (χ1) is 10.8. The zero-order chi connectivity index (χ0) is 15.4. The van der Waals surface area contributed by atoms with Crippen LogP contribution in [0.3, 0.4) is 0 Å². The van der Waals surface area contributed by atoms with Gasteiger partial charge in [0.1, 0.15) is 6.61 Å². The summed E-state index contributed by atoms with van der Waals surface area (Å²) in [5, 5.41) is 10.9. The van der Waals surface area contributed by atoms with E-state index in [1.165, 1.54) is 0 Å². The van der Waals surface area contributed by atoms with Crippen molar-refractivity contribution in [2.45, 2.75) is 6.61 Å².